The largest absolute Gasteiger partial charge is 0.286 e. The molecule has 19 heavy (non-hydrogen) atoms. The Balaban J connectivity index is 2.11. The molecular formula is C14H18N4O. The van der Waals surface area contributed by atoms with Gasteiger partial charge in [-0.15, -0.1) is 0 Å². The molecule has 5 nitrogen and oxygen atoms in total. The lowest BCUT2D eigenvalue weighted by Gasteiger charge is -2.23. The second-order valence-corrected chi connectivity index (χ2v) is 4.42. The summed E-state index contributed by atoms with van der Waals surface area (Å²) in [5.74, 6) is -0.157. The van der Waals surface area contributed by atoms with Crippen LogP contribution in [0.1, 0.15) is 22.8 Å². The normalized spacial score (nSPS) is 10.3. The SMILES string of the molecule is CCN(NC(=O)c1cnn(C)c1)c1ccc(C)cc1. The van der Waals surface area contributed by atoms with Crippen molar-refractivity contribution in [1.29, 1.82) is 0 Å². The van der Waals surface area contributed by atoms with Gasteiger partial charge in [-0.05, 0) is 26.0 Å². The van der Waals surface area contributed by atoms with Crippen molar-refractivity contribution in [2.24, 2.45) is 7.05 Å². The number of nitrogens with zero attached hydrogens (tertiary/aromatic N) is 3. The zero-order chi connectivity index (χ0) is 13.8. The van der Waals surface area contributed by atoms with Gasteiger partial charge in [0.15, 0.2) is 0 Å². The number of carbonyl (C=O) groups excluding carboxylic acids is 1. The van der Waals surface area contributed by atoms with Gasteiger partial charge in [0, 0.05) is 19.8 Å². The van der Waals surface area contributed by atoms with Crippen molar-refractivity contribution in [3.8, 4) is 0 Å². The fraction of sp³-hybridized carbons (Fsp3) is 0.286. The molecule has 0 bridgehead atoms. The minimum absolute atomic E-state index is 0.157. The second-order valence-electron chi connectivity index (χ2n) is 4.42. The molecule has 2 aromatic rings. The van der Waals surface area contributed by atoms with E-state index < -0.39 is 0 Å². The van der Waals surface area contributed by atoms with Crippen LogP contribution in [0.3, 0.4) is 0 Å². The van der Waals surface area contributed by atoms with E-state index in [2.05, 4.69) is 10.5 Å². The van der Waals surface area contributed by atoms with E-state index in [0.29, 0.717) is 12.1 Å². The van der Waals surface area contributed by atoms with E-state index in [-0.39, 0.29) is 5.91 Å². The topological polar surface area (TPSA) is 50.2 Å². The Morgan fingerprint density at radius 3 is 2.58 bits per heavy atom. The molecule has 1 aromatic carbocycles. The standard InChI is InChI=1S/C14H18N4O/c1-4-18(13-7-5-11(2)6-8-13)16-14(19)12-9-15-17(3)10-12/h5-10H,4H2,1-3H3,(H,16,19). The van der Waals surface area contributed by atoms with E-state index in [4.69, 9.17) is 0 Å². The van der Waals surface area contributed by atoms with Gasteiger partial charge in [-0.2, -0.15) is 5.10 Å². The molecule has 2 rings (SSSR count). The van der Waals surface area contributed by atoms with Gasteiger partial charge in [0.1, 0.15) is 0 Å². The number of hydrogen-bond acceptors (Lipinski definition) is 3. The minimum Gasteiger partial charge on any atom is -0.286 e. The highest BCUT2D eigenvalue weighted by Crippen LogP contribution is 2.13. The van der Waals surface area contributed by atoms with Crippen molar-refractivity contribution in [2.45, 2.75) is 13.8 Å². The number of anilines is 1. The number of aryl methyl sites for hydroxylation is 2. The third kappa shape index (κ3) is 3.13. The van der Waals surface area contributed by atoms with Gasteiger partial charge in [-0.25, -0.2) is 0 Å². The fourth-order valence-corrected chi connectivity index (χ4v) is 1.78. The van der Waals surface area contributed by atoms with Gasteiger partial charge in [-0.1, -0.05) is 17.7 Å². The van der Waals surface area contributed by atoms with Gasteiger partial charge in [0.25, 0.3) is 5.91 Å². The first-order valence-electron chi connectivity index (χ1n) is 6.24. The number of rotatable bonds is 4. The van der Waals surface area contributed by atoms with Crippen molar-refractivity contribution in [2.75, 3.05) is 11.6 Å². The lowest BCUT2D eigenvalue weighted by molar-refractivity contribution is 0.0949. The summed E-state index contributed by atoms with van der Waals surface area (Å²) in [6.45, 7) is 4.72. The Morgan fingerprint density at radius 1 is 1.37 bits per heavy atom. The predicted octanol–water partition coefficient (Wildman–Crippen LogP) is 1.90. The maximum Gasteiger partial charge on any atom is 0.272 e. The molecule has 0 spiro atoms. The van der Waals surface area contributed by atoms with E-state index in [1.165, 1.54) is 5.56 Å². The third-order valence-corrected chi connectivity index (χ3v) is 2.87. The predicted molar refractivity (Wildman–Crippen MR) is 74.9 cm³/mol. The lowest BCUT2D eigenvalue weighted by atomic mass is 10.2. The Bertz CT molecular complexity index is 559. The van der Waals surface area contributed by atoms with Crippen LogP contribution >= 0.6 is 0 Å². The van der Waals surface area contributed by atoms with E-state index >= 15 is 0 Å². The first-order chi connectivity index (χ1) is 9.10. The maximum atomic E-state index is 12.1. The van der Waals surface area contributed by atoms with Crippen molar-refractivity contribution in [3.63, 3.8) is 0 Å². The number of amides is 1. The molecule has 5 heteroatoms. The number of nitrogens with one attached hydrogen (secondary N) is 1. The molecule has 0 saturated carbocycles. The highest BCUT2D eigenvalue weighted by atomic mass is 16.2. The van der Waals surface area contributed by atoms with Gasteiger partial charge >= 0.3 is 0 Å². The zero-order valence-electron chi connectivity index (χ0n) is 11.4. The molecule has 1 N–H and O–H groups in total. The molecule has 1 amide bonds. The molecule has 0 radical (unpaired) electrons. The molecular weight excluding hydrogens is 240 g/mol. The fourth-order valence-electron chi connectivity index (χ4n) is 1.78. The van der Waals surface area contributed by atoms with Crippen molar-refractivity contribution >= 4 is 11.6 Å². The molecule has 0 aliphatic rings. The highest BCUT2D eigenvalue weighted by Gasteiger charge is 2.12. The first-order valence-corrected chi connectivity index (χ1v) is 6.24. The Kier molecular flexibility index (Phi) is 3.85. The molecule has 0 aliphatic heterocycles. The Labute approximate surface area is 112 Å². The summed E-state index contributed by atoms with van der Waals surface area (Å²) in [5, 5.41) is 5.81. The zero-order valence-corrected chi connectivity index (χ0v) is 11.4. The minimum atomic E-state index is -0.157. The summed E-state index contributed by atoms with van der Waals surface area (Å²) < 4.78 is 1.61. The Hall–Kier alpha value is -2.30. The lowest BCUT2D eigenvalue weighted by Crippen LogP contribution is -2.42. The molecule has 1 heterocycles. The van der Waals surface area contributed by atoms with Crippen LogP contribution in [0.25, 0.3) is 0 Å². The molecule has 0 saturated heterocycles. The molecule has 0 aliphatic carbocycles. The van der Waals surface area contributed by atoms with Crippen LogP contribution in [0, 0.1) is 6.92 Å². The second kappa shape index (κ2) is 5.56. The van der Waals surface area contributed by atoms with Crippen LogP contribution in [-0.4, -0.2) is 22.2 Å². The van der Waals surface area contributed by atoms with Gasteiger partial charge < -0.3 is 0 Å². The maximum absolute atomic E-state index is 12.1. The van der Waals surface area contributed by atoms with Crippen LogP contribution in [-0.2, 0) is 7.05 Å². The van der Waals surface area contributed by atoms with Crippen LogP contribution in [0.4, 0.5) is 5.69 Å². The summed E-state index contributed by atoms with van der Waals surface area (Å²) in [7, 11) is 1.79. The molecule has 0 fully saturated rings. The summed E-state index contributed by atoms with van der Waals surface area (Å²) in [6.07, 6.45) is 3.25. The summed E-state index contributed by atoms with van der Waals surface area (Å²) in [6, 6.07) is 8.02. The van der Waals surface area contributed by atoms with Gasteiger partial charge in [0.2, 0.25) is 0 Å². The summed E-state index contributed by atoms with van der Waals surface area (Å²) in [4.78, 5) is 12.1. The summed E-state index contributed by atoms with van der Waals surface area (Å²) in [5.41, 5.74) is 5.58. The van der Waals surface area contributed by atoms with Crippen molar-refractivity contribution in [1.82, 2.24) is 15.2 Å². The van der Waals surface area contributed by atoms with Crippen molar-refractivity contribution in [3.05, 3.63) is 47.8 Å². The van der Waals surface area contributed by atoms with E-state index in [1.54, 1.807) is 24.1 Å². The summed E-state index contributed by atoms with van der Waals surface area (Å²) >= 11 is 0. The van der Waals surface area contributed by atoms with Crippen LogP contribution in [0.5, 0.6) is 0 Å². The average Bonchev–Trinajstić information content (AvgIpc) is 2.84. The number of hydrazine groups is 1. The first kappa shape index (κ1) is 13.1. The van der Waals surface area contributed by atoms with Gasteiger partial charge in [-0.3, -0.25) is 19.9 Å². The van der Waals surface area contributed by atoms with Crippen LogP contribution in [0.2, 0.25) is 0 Å². The number of benzene rings is 1. The van der Waals surface area contributed by atoms with E-state index in [0.717, 1.165) is 5.69 Å². The Morgan fingerprint density at radius 2 is 2.05 bits per heavy atom. The van der Waals surface area contributed by atoms with Crippen LogP contribution < -0.4 is 10.4 Å². The van der Waals surface area contributed by atoms with Gasteiger partial charge in [0.05, 0.1) is 17.4 Å². The smallest absolute Gasteiger partial charge is 0.272 e. The molecule has 1 aromatic heterocycles. The number of aromatic nitrogens is 2. The molecule has 0 unspecified atom stereocenters. The quantitative estimate of drug-likeness (QED) is 0.852. The van der Waals surface area contributed by atoms with E-state index in [9.17, 15) is 4.79 Å². The van der Waals surface area contributed by atoms with E-state index in [1.807, 2.05) is 43.1 Å². The molecule has 0 atom stereocenters. The number of hydrogen-bond donors (Lipinski definition) is 1. The average molecular weight is 258 g/mol. The monoisotopic (exact) mass is 258 g/mol. The number of carbonyl (C=O) groups is 1. The highest BCUT2D eigenvalue weighted by molar-refractivity contribution is 5.94. The molecule has 100 valence electrons. The third-order valence-electron chi connectivity index (χ3n) is 2.87. The van der Waals surface area contributed by atoms with Crippen molar-refractivity contribution < 1.29 is 4.79 Å². The van der Waals surface area contributed by atoms with Crippen LogP contribution in [0.15, 0.2) is 36.7 Å².